The van der Waals surface area contributed by atoms with E-state index in [1.165, 1.54) is 0 Å². The van der Waals surface area contributed by atoms with Crippen molar-refractivity contribution in [3.63, 3.8) is 0 Å². The number of rotatable bonds is 6. The number of carboxylic acid groups (broad SMARTS) is 1. The van der Waals surface area contributed by atoms with Crippen LogP contribution in [0.2, 0.25) is 5.02 Å². The molecule has 118 valence electrons. The fourth-order valence-corrected chi connectivity index (χ4v) is 2.24. The van der Waals surface area contributed by atoms with Crippen LogP contribution in [-0.4, -0.2) is 17.6 Å². The Hall–Kier alpha value is -1.75. The summed E-state index contributed by atoms with van der Waals surface area (Å²) in [6, 6.07) is 14.4. The second-order valence-corrected chi connectivity index (χ2v) is 5.06. The molecule has 3 N–H and O–H groups in total. The van der Waals surface area contributed by atoms with Crippen LogP contribution >= 0.6 is 24.0 Å². The first-order chi connectivity index (χ1) is 10.1. The van der Waals surface area contributed by atoms with Crippen molar-refractivity contribution < 1.29 is 14.6 Å². The molecular weight excluding hydrogens is 325 g/mol. The second-order valence-electron chi connectivity index (χ2n) is 4.63. The van der Waals surface area contributed by atoms with Gasteiger partial charge in [-0.2, -0.15) is 0 Å². The predicted octanol–water partition coefficient (Wildman–Crippen LogP) is 4.07. The van der Waals surface area contributed by atoms with E-state index in [0.29, 0.717) is 16.5 Å². The zero-order valence-electron chi connectivity index (χ0n) is 11.7. The zero-order chi connectivity index (χ0) is 15.2. The van der Waals surface area contributed by atoms with Gasteiger partial charge in [0.1, 0.15) is 11.5 Å². The highest BCUT2D eigenvalue weighted by Gasteiger charge is 2.19. The average Bonchev–Trinajstić information content (AvgIpc) is 2.46. The van der Waals surface area contributed by atoms with Gasteiger partial charge in [-0.05, 0) is 36.4 Å². The Bertz CT molecular complexity index is 620. The molecule has 2 aromatic carbocycles. The molecule has 2 aromatic rings. The normalized spacial score (nSPS) is 11.4. The van der Waals surface area contributed by atoms with E-state index in [2.05, 4.69) is 0 Å². The number of hydrogen-bond acceptors (Lipinski definition) is 3. The van der Waals surface area contributed by atoms with Crippen LogP contribution in [0.15, 0.2) is 48.5 Å². The molecule has 1 atom stereocenters. The van der Waals surface area contributed by atoms with Gasteiger partial charge < -0.3 is 15.6 Å². The van der Waals surface area contributed by atoms with E-state index in [1.807, 2.05) is 30.3 Å². The summed E-state index contributed by atoms with van der Waals surface area (Å²) >= 11 is 6.01. The van der Waals surface area contributed by atoms with Crippen LogP contribution in [0.3, 0.4) is 0 Å². The molecule has 0 heterocycles. The molecule has 0 unspecified atom stereocenters. The molecule has 0 aliphatic carbocycles. The minimum atomic E-state index is -0.897. The fraction of sp³-hybridized carbons (Fsp3) is 0.188. The van der Waals surface area contributed by atoms with E-state index in [0.717, 1.165) is 5.56 Å². The maximum absolute atomic E-state index is 11.0. The van der Waals surface area contributed by atoms with Gasteiger partial charge in [0, 0.05) is 10.9 Å². The summed E-state index contributed by atoms with van der Waals surface area (Å²) in [4.78, 5) is 11.0. The van der Waals surface area contributed by atoms with Gasteiger partial charge in [0.25, 0.3) is 0 Å². The molecule has 6 heteroatoms. The van der Waals surface area contributed by atoms with Crippen molar-refractivity contribution in [3.8, 4) is 11.5 Å². The van der Waals surface area contributed by atoms with Gasteiger partial charge in [0.15, 0.2) is 0 Å². The zero-order valence-corrected chi connectivity index (χ0v) is 13.3. The van der Waals surface area contributed by atoms with Crippen molar-refractivity contribution in [2.45, 2.75) is 12.3 Å². The lowest BCUT2D eigenvalue weighted by molar-refractivity contribution is -0.137. The van der Waals surface area contributed by atoms with E-state index in [-0.39, 0.29) is 31.3 Å². The third-order valence-corrected chi connectivity index (χ3v) is 3.33. The molecule has 0 bridgehead atoms. The van der Waals surface area contributed by atoms with E-state index in [1.54, 1.807) is 18.2 Å². The highest BCUT2D eigenvalue weighted by atomic mass is 35.5. The number of nitrogens with two attached hydrogens (primary N) is 1. The first-order valence-electron chi connectivity index (χ1n) is 6.54. The summed E-state index contributed by atoms with van der Waals surface area (Å²) in [6.07, 6.45) is -0.0523. The summed E-state index contributed by atoms with van der Waals surface area (Å²) in [5.74, 6) is -0.0259. The van der Waals surface area contributed by atoms with Gasteiger partial charge in [-0.1, -0.05) is 35.9 Å². The first-order valence-corrected chi connectivity index (χ1v) is 6.92. The van der Waals surface area contributed by atoms with E-state index in [9.17, 15) is 4.79 Å². The van der Waals surface area contributed by atoms with E-state index < -0.39 is 5.97 Å². The second kappa shape index (κ2) is 8.63. The minimum absolute atomic E-state index is 0. The molecule has 22 heavy (non-hydrogen) atoms. The SMILES string of the molecule is Cl.NC[C@H](CC(=O)O)c1ccc(Cl)cc1Oc1ccccc1. The highest BCUT2D eigenvalue weighted by Crippen LogP contribution is 2.34. The van der Waals surface area contributed by atoms with Crippen LogP contribution in [0.25, 0.3) is 0 Å². The fourth-order valence-electron chi connectivity index (χ4n) is 2.08. The number of para-hydroxylation sites is 1. The standard InChI is InChI=1S/C16H16ClNO3.ClH/c17-12-6-7-14(11(10-18)8-16(19)20)15(9-12)21-13-4-2-1-3-5-13;/h1-7,9,11H,8,10,18H2,(H,19,20);1H/t11-;/m0./s1. The summed E-state index contributed by atoms with van der Waals surface area (Å²) in [5, 5.41) is 9.51. The number of carboxylic acids is 1. The third kappa shape index (κ3) is 4.91. The Kier molecular flexibility index (Phi) is 7.18. The molecule has 2 rings (SSSR count). The predicted molar refractivity (Wildman–Crippen MR) is 89.3 cm³/mol. The molecule has 0 radical (unpaired) electrons. The Balaban J connectivity index is 0.00000242. The first kappa shape index (κ1) is 18.3. The van der Waals surface area contributed by atoms with Gasteiger partial charge in [-0.15, -0.1) is 12.4 Å². The van der Waals surface area contributed by atoms with E-state index >= 15 is 0 Å². The third-order valence-electron chi connectivity index (χ3n) is 3.09. The van der Waals surface area contributed by atoms with Crippen LogP contribution in [-0.2, 0) is 4.79 Å². The maximum atomic E-state index is 11.0. The molecule has 0 aliphatic heterocycles. The Labute approximate surface area is 140 Å². The van der Waals surface area contributed by atoms with Crippen molar-refractivity contribution in [1.29, 1.82) is 0 Å². The summed E-state index contributed by atoms with van der Waals surface area (Å²) in [5.41, 5.74) is 6.45. The highest BCUT2D eigenvalue weighted by molar-refractivity contribution is 6.30. The largest absolute Gasteiger partial charge is 0.481 e. The monoisotopic (exact) mass is 341 g/mol. The lowest BCUT2D eigenvalue weighted by Gasteiger charge is -2.18. The average molecular weight is 342 g/mol. The molecule has 0 aliphatic rings. The molecule has 0 saturated carbocycles. The molecule has 0 spiro atoms. The Morgan fingerprint density at radius 1 is 1.23 bits per heavy atom. The Morgan fingerprint density at radius 3 is 2.50 bits per heavy atom. The van der Waals surface area contributed by atoms with Gasteiger partial charge in [0.2, 0.25) is 0 Å². The van der Waals surface area contributed by atoms with Gasteiger partial charge in [-0.25, -0.2) is 0 Å². The number of halogens is 2. The quantitative estimate of drug-likeness (QED) is 0.830. The van der Waals surface area contributed by atoms with Gasteiger partial charge in [-0.3, -0.25) is 4.79 Å². The van der Waals surface area contributed by atoms with Gasteiger partial charge in [0.05, 0.1) is 6.42 Å². The Morgan fingerprint density at radius 2 is 1.91 bits per heavy atom. The number of benzene rings is 2. The molecule has 0 fully saturated rings. The minimum Gasteiger partial charge on any atom is -0.481 e. The van der Waals surface area contributed by atoms with Crippen molar-refractivity contribution in [2.75, 3.05) is 6.54 Å². The molecule has 0 aromatic heterocycles. The topological polar surface area (TPSA) is 72.6 Å². The lowest BCUT2D eigenvalue weighted by atomic mass is 9.95. The van der Waals surface area contributed by atoms with E-state index in [4.69, 9.17) is 27.2 Å². The summed E-state index contributed by atoms with van der Waals surface area (Å²) in [6.45, 7) is 0.221. The number of ether oxygens (including phenoxy) is 1. The van der Waals surface area contributed by atoms with Crippen molar-refractivity contribution in [3.05, 3.63) is 59.1 Å². The lowest BCUT2D eigenvalue weighted by Crippen LogP contribution is -2.17. The van der Waals surface area contributed by atoms with Crippen molar-refractivity contribution in [2.24, 2.45) is 5.73 Å². The number of hydrogen-bond donors (Lipinski definition) is 2. The number of aliphatic carboxylic acids is 1. The molecular formula is C16H17Cl2NO3. The van der Waals surface area contributed by atoms with Crippen molar-refractivity contribution >= 4 is 30.0 Å². The molecule has 0 amide bonds. The van der Waals surface area contributed by atoms with Crippen LogP contribution in [0.4, 0.5) is 0 Å². The number of carbonyl (C=O) groups is 1. The summed E-state index contributed by atoms with van der Waals surface area (Å²) in [7, 11) is 0. The van der Waals surface area contributed by atoms with Crippen LogP contribution in [0.1, 0.15) is 17.9 Å². The van der Waals surface area contributed by atoms with Crippen LogP contribution in [0, 0.1) is 0 Å². The smallest absolute Gasteiger partial charge is 0.304 e. The maximum Gasteiger partial charge on any atom is 0.304 e. The van der Waals surface area contributed by atoms with Crippen molar-refractivity contribution in [1.82, 2.24) is 0 Å². The molecule has 0 saturated heterocycles. The van der Waals surface area contributed by atoms with Crippen LogP contribution < -0.4 is 10.5 Å². The summed E-state index contributed by atoms with van der Waals surface area (Å²) < 4.78 is 5.82. The van der Waals surface area contributed by atoms with Crippen LogP contribution in [0.5, 0.6) is 11.5 Å². The molecule has 4 nitrogen and oxygen atoms in total. The van der Waals surface area contributed by atoms with Gasteiger partial charge >= 0.3 is 5.97 Å².